The lowest BCUT2D eigenvalue weighted by atomic mass is 10.2. The highest BCUT2D eigenvalue weighted by molar-refractivity contribution is 7.86. The van der Waals surface area contributed by atoms with Gasteiger partial charge in [0.05, 0.1) is 23.2 Å². The van der Waals surface area contributed by atoms with E-state index in [0.717, 1.165) is 5.56 Å². The Morgan fingerprint density at radius 3 is 2.16 bits per heavy atom. The highest BCUT2D eigenvalue weighted by Gasteiger charge is 2.20. The minimum atomic E-state index is -3.72. The molecular formula is C14H22O4S. The summed E-state index contributed by atoms with van der Waals surface area (Å²) < 4.78 is 34.6. The van der Waals surface area contributed by atoms with E-state index in [1.807, 2.05) is 27.7 Å². The molecule has 108 valence electrons. The first-order chi connectivity index (χ1) is 8.60. The van der Waals surface area contributed by atoms with Gasteiger partial charge >= 0.3 is 0 Å². The van der Waals surface area contributed by atoms with Crippen molar-refractivity contribution in [1.29, 1.82) is 0 Å². The van der Waals surface area contributed by atoms with E-state index in [4.69, 9.17) is 8.92 Å². The fourth-order valence-corrected chi connectivity index (χ4v) is 2.44. The van der Waals surface area contributed by atoms with Gasteiger partial charge in [-0.15, -0.1) is 0 Å². The summed E-state index contributed by atoms with van der Waals surface area (Å²) in [5, 5.41) is 0. The van der Waals surface area contributed by atoms with Gasteiger partial charge in [0.25, 0.3) is 10.1 Å². The van der Waals surface area contributed by atoms with Crippen LogP contribution in [0.5, 0.6) is 0 Å². The maximum atomic E-state index is 12.0. The van der Waals surface area contributed by atoms with Gasteiger partial charge in [0, 0.05) is 0 Å². The van der Waals surface area contributed by atoms with Gasteiger partial charge in [-0.3, -0.25) is 4.18 Å². The van der Waals surface area contributed by atoms with Gasteiger partial charge < -0.3 is 4.74 Å². The van der Waals surface area contributed by atoms with Crippen LogP contribution < -0.4 is 0 Å². The maximum absolute atomic E-state index is 12.0. The van der Waals surface area contributed by atoms with Crippen molar-refractivity contribution >= 4 is 10.1 Å². The molecule has 0 amide bonds. The number of ether oxygens (including phenoxy) is 1. The Morgan fingerprint density at radius 1 is 1.16 bits per heavy atom. The number of aryl methyl sites for hydroxylation is 1. The van der Waals surface area contributed by atoms with Gasteiger partial charge in [0.1, 0.15) is 0 Å². The second-order valence-electron chi connectivity index (χ2n) is 5.60. The van der Waals surface area contributed by atoms with Crippen LogP contribution in [0.25, 0.3) is 0 Å². The molecule has 0 aliphatic rings. The van der Waals surface area contributed by atoms with Crippen LogP contribution in [0.4, 0.5) is 0 Å². The number of rotatable bonds is 5. The molecule has 0 aliphatic heterocycles. The lowest BCUT2D eigenvalue weighted by Gasteiger charge is -2.22. The Morgan fingerprint density at radius 2 is 1.68 bits per heavy atom. The molecule has 0 unspecified atom stereocenters. The normalized spacial score (nSPS) is 14.4. The van der Waals surface area contributed by atoms with Crippen LogP contribution in [-0.4, -0.2) is 26.7 Å². The minimum Gasteiger partial charge on any atom is -0.373 e. The summed E-state index contributed by atoms with van der Waals surface area (Å²) in [5.74, 6) is 0. The van der Waals surface area contributed by atoms with Crippen LogP contribution in [0.2, 0.25) is 0 Å². The SMILES string of the molecule is Cc1ccc(S(=O)(=O)O[C@H](C)COC(C)(C)C)cc1. The van der Waals surface area contributed by atoms with Crippen LogP contribution in [0.1, 0.15) is 33.3 Å². The van der Waals surface area contributed by atoms with E-state index in [1.165, 1.54) is 0 Å². The molecule has 4 nitrogen and oxygen atoms in total. The molecule has 0 N–H and O–H groups in total. The second-order valence-corrected chi connectivity index (χ2v) is 7.17. The Labute approximate surface area is 115 Å². The smallest absolute Gasteiger partial charge is 0.297 e. The summed E-state index contributed by atoms with van der Waals surface area (Å²) in [6, 6.07) is 6.57. The standard InChI is InChI=1S/C14H22O4S/c1-11-6-8-13(9-7-11)19(15,16)18-12(2)10-17-14(3,4)5/h6-9,12H,10H2,1-5H3/t12-/m1/s1. The topological polar surface area (TPSA) is 52.6 Å². The average Bonchev–Trinajstić information content (AvgIpc) is 2.25. The third-order valence-electron chi connectivity index (χ3n) is 2.35. The fraction of sp³-hybridized carbons (Fsp3) is 0.571. The second kappa shape index (κ2) is 6.03. The molecule has 0 aliphatic carbocycles. The Balaban J connectivity index is 2.67. The Kier molecular flexibility index (Phi) is 5.12. The molecule has 0 fully saturated rings. The van der Waals surface area contributed by atoms with E-state index >= 15 is 0 Å². The number of benzene rings is 1. The van der Waals surface area contributed by atoms with Crippen LogP contribution in [0.3, 0.4) is 0 Å². The quantitative estimate of drug-likeness (QED) is 0.781. The zero-order chi connectivity index (χ0) is 14.7. The molecule has 1 atom stereocenters. The lowest BCUT2D eigenvalue weighted by Crippen LogP contribution is -2.27. The highest BCUT2D eigenvalue weighted by Crippen LogP contribution is 2.16. The molecule has 0 heterocycles. The number of hydrogen-bond acceptors (Lipinski definition) is 4. The molecule has 0 spiro atoms. The molecule has 0 bridgehead atoms. The van der Waals surface area contributed by atoms with E-state index in [9.17, 15) is 8.42 Å². The van der Waals surface area contributed by atoms with Crippen molar-refractivity contribution in [2.24, 2.45) is 0 Å². The van der Waals surface area contributed by atoms with Gasteiger partial charge in [-0.05, 0) is 46.8 Å². The summed E-state index contributed by atoms with van der Waals surface area (Å²) in [5.41, 5.74) is 0.689. The van der Waals surface area contributed by atoms with Crippen molar-refractivity contribution < 1.29 is 17.3 Å². The van der Waals surface area contributed by atoms with E-state index in [1.54, 1.807) is 31.2 Å². The van der Waals surface area contributed by atoms with Gasteiger partial charge in [-0.2, -0.15) is 8.42 Å². The van der Waals surface area contributed by atoms with E-state index < -0.39 is 16.2 Å². The zero-order valence-electron chi connectivity index (χ0n) is 12.1. The Bertz CT molecular complexity index is 497. The largest absolute Gasteiger partial charge is 0.373 e. The minimum absolute atomic E-state index is 0.167. The monoisotopic (exact) mass is 286 g/mol. The maximum Gasteiger partial charge on any atom is 0.297 e. The first-order valence-corrected chi connectivity index (χ1v) is 7.65. The number of hydrogen-bond donors (Lipinski definition) is 0. The van der Waals surface area contributed by atoms with Crippen molar-refractivity contribution in [2.45, 2.75) is 51.2 Å². The van der Waals surface area contributed by atoms with Crippen LogP contribution >= 0.6 is 0 Å². The predicted molar refractivity (Wildman–Crippen MR) is 74.6 cm³/mol. The molecule has 0 saturated heterocycles. The molecular weight excluding hydrogens is 264 g/mol. The average molecular weight is 286 g/mol. The molecule has 0 saturated carbocycles. The molecule has 0 aromatic heterocycles. The molecule has 1 aromatic rings. The molecule has 5 heteroatoms. The van der Waals surface area contributed by atoms with Crippen LogP contribution in [-0.2, 0) is 19.0 Å². The molecule has 1 aromatic carbocycles. The van der Waals surface area contributed by atoms with Crippen molar-refractivity contribution in [3.05, 3.63) is 29.8 Å². The predicted octanol–water partition coefficient (Wildman–Crippen LogP) is 2.90. The van der Waals surface area contributed by atoms with Gasteiger partial charge in [-0.25, -0.2) is 0 Å². The summed E-state index contributed by atoms with van der Waals surface area (Å²) in [6.45, 7) is 9.54. The summed E-state index contributed by atoms with van der Waals surface area (Å²) in [7, 11) is -3.72. The van der Waals surface area contributed by atoms with Crippen molar-refractivity contribution in [1.82, 2.24) is 0 Å². The van der Waals surface area contributed by atoms with E-state index in [2.05, 4.69) is 0 Å². The summed E-state index contributed by atoms with van der Waals surface area (Å²) in [6.07, 6.45) is -0.523. The molecule has 19 heavy (non-hydrogen) atoms. The lowest BCUT2D eigenvalue weighted by molar-refractivity contribution is -0.0362. The first-order valence-electron chi connectivity index (χ1n) is 6.24. The summed E-state index contributed by atoms with van der Waals surface area (Å²) in [4.78, 5) is 0.167. The van der Waals surface area contributed by atoms with Gasteiger partial charge in [0.15, 0.2) is 0 Å². The van der Waals surface area contributed by atoms with Crippen molar-refractivity contribution in [3.8, 4) is 0 Å². The third-order valence-corrected chi connectivity index (χ3v) is 3.78. The van der Waals surface area contributed by atoms with Gasteiger partial charge in [0.2, 0.25) is 0 Å². The van der Waals surface area contributed by atoms with E-state index in [-0.39, 0.29) is 17.1 Å². The Hall–Kier alpha value is -0.910. The molecule has 0 radical (unpaired) electrons. The fourth-order valence-electron chi connectivity index (χ4n) is 1.37. The van der Waals surface area contributed by atoms with Crippen molar-refractivity contribution in [3.63, 3.8) is 0 Å². The first kappa shape index (κ1) is 16.1. The third kappa shape index (κ3) is 5.72. The zero-order valence-corrected chi connectivity index (χ0v) is 13.0. The van der Waals surface area contributed by atoms with Crippen LogP contribution in [0, 0.1) is 6.92 Å². The summed E-state index contributed by atoms with van der Waals surface area (Å²) >= 11 is 0. The van der Waals surface area contributed by atoms with E-state index in [0.29, 0.717) is 0 Å². The van der Waals surface area contributed by atoms with Crippen molar-refractivity contribution in [2.75, 3.05) is 6.61 Å². The van der Waals surface area contributed by atoms with Crippen LogP contribution in [0.15, 0.2) is 29.2 Å². The van der Waals surface area contributed by atoms with Gasteiger partial charge in [-0.1, -0.05) is 17.7 Å². The highest BCUT2D eigenvalue weighted by atomic mass is 32.2. The molecule has 1 rings (SSSR count).